The van der Waals surface area contributed by atoms with Crippen LogP contribution >= 0.6 is 0 Å². The van der Waals surface area contributed by atoms with Crippen molar-refractivity contribution in [1.82, 2.24) is 14.3 Å². The first-order valence-corrected chi connectivity index (χ1v) is 6.54. The lowest BCUT2D eigenvalue weighted by Gasteiger charge is -2.27. The molecule has 0 spiro atoms. The van der Waals surface area contributed by atoms with Gasteiger partial charge in [0.1, 0.15) is 0 Å². The Hall–Kier alpha value is -0.900. The fourth-order valence-electron chi connectivity index (χ4n) is 1.35. The second kappa shape index (κ2) is 6.15. The molecule has 0 aromatic heterocycles. The van der Waals surface area contributed by atoms with Gasteiger partial charge >= 0.3 is 16.3 Å². The molecule has 100 valence electrons. The SMILES string of the molecule is COC(=O)NS(=O)(=O)N(C)CC1CNCCO1. The average Bonchev–Trinajstić information content (AvgIpc) is 2.29. The zero-order chi connectivity index (χ0) is 12.9. The number of nitrogens with one attached hydrogen (secondary N) is 2. The van der Waals surface area contributed by atoms with Gasteiger partial charge in [-0.05, 0) is 0 Å². The van der Waals surface area contributed by atoms with Crippen molar-refractivity contribution in [3.8, 4) is 0 Å². The molecule has 1 amide bonds. The third-order valence-corrected chi connectivity index (χ3v) is 3.67. The highest BCUT2D eigenvalue weighted by atomic mass is 32.2. The molecule has 1 heterocycles. The lowest BCUT2D eigenvalue weighted by atomic mass is 10.3. The Morgan fingerprint density at radius 2 is 2.35 bits per heavy atom. The van der Waals surface area contributed by atoms with E-state index in [4.69, 9.17) is 4.74 Å². The first kappa shape index (κ1) is 14.2. The molecule has 0 aromatic carbocycles. The van der Waals surface area contributed by atoms with E-state index in [1.807, 2.05) is 0 Å². The van der Waals surface area contributed by atoms with Crippen molar-refractivity contribution in [2.75, 3.05) is 40.4 Å². The third kappa shape index (κ3) is 4.46. The van der Waals surface area contributed by atoms with Gasteiger partial charge in [-0.25, -0.2) is 9.52 Å². The van der Waals surface area contributed by atoms with Crippen LogP contribution in [0.15, 0.2) is 0 Å². The molecule has 0 saturated carbocycles. The van der Waals surface area contributed by atoms with Crippen LogP contribution in [-0.2, 0) is 19.7 Å². The van der Waals surface area contributed by atoms with Gasteiger partial charge in [-0.3, -0.25) is 0 Å². The highest BCUT2D eigenvalue weighted by Gasteiger charge is 2.25. The molecule has 1 fully saturated rings. The van der Waals surface area contributed by atoms with Gasteiger partial charge in [0.05, 0.1) is 19.8 Å². The van der Waals surface area contributed by atoms with Crippen LogP contribution in [0.1, 0.15) is 0 Å². The molecule has 8 nitrogen and oxygen atoms in total. The Kier molecular flexibility index (Phi) is 5.12. The summed E-state index contributed by atoms with van der Waals surface area (Å²) in [5.74, 6) is 0. The third-order valence-electron chi connectivity index (χ3n) is 2.27. The number of methoxy groups -OCH3 is 1. The molecule has 2 N–H and O–H groups in total. The van der Waals surface area contributed by atoms with Crippen LogP contribution in [0.4, 0.5) is 4.79 Å². The molecular formula is C8H17N3O5S. The standard InChI is InChI=1S/C8H17N3O5S/c1-11(6-7-5-9-3-4-16-7)17(13,14)10-8(12)15-2/h7,9H,3-6H2,1-2H3,(H,10,12). The maximum Gasteiger partial charge on any atom is 0.421 e. The van der Waals surface area contributed by atoms with Gasteiger partial charge in [0.15, 0.2) is 0 Å². The Labute approximate surface area is 100 Å². The number of carbonyl (C=O) groups is 1. The normalized spacial score (nSPS) is 21.2. The Morgan fingerprint density at radius 1 is 1.65 bits per heavy atom. The van der Waals surface area contributed by atoms with Crippen molar-refractivity contribution in [3.05, 3.63) is 0 Å². The molecule has 0 radical (unpaired) electrons. The van der Waals surface area contributed by atoms with Crippen molar-refractivity contribution < 1.29 is 22.7 Å². The van der Waals surface area contributed by atoms with Crippen LogP contribution in [0.5, 0.6) is 0 Å². The van der Waals surface area contributed by atoms with Gasteiger partial charge < -0.3 is 14.8 Å². The number of likely N-dealkylation sites (N-methyl/N-ethyl adjacent to an activating group) is 1. The summed E-state index contributed by atoms with van der Waals surface area (Å²) in [6.45, 7) is 2.05. The lowest BCUT2D eigenvalue weighted by Crippen LogP contribution is -2.49. The van der Waals surface area contributed by atoms with E-state index in [1.165, 1.54) is 7.05 Å². The number of nitrogens with zero attached hydrogens (tertiary/aromatic N) is 1. The number of morpholine rings is 1. The van der Waals surface area contributed by atoms with E-state index in [0.717, 1.165) is 18.0 Å². The largest absolute Gasteiger partial charge is 0.452 e. The average molecular weight is 267 g/mol. The van der Waals surface area contributed by atoms with Gasteiger partial charge in [-0.2, -0.15) is 12.7 Å². The molecular weight excluding hydrogens is 250 g/mol. The first-order valence-electron chi connectivity index (χ1n) is 5.10. The van der Waals surface area contributed by atoms with Crippen LogP contribution in [0.25, 0.3) is 0 Å². The van der Waals surface area contributed by atoms with Gasteiger partial charge in [0.25, 0.3) is 0 Å². The van der Waals surface area contributed by atoms with E-state index in [1.54, 1.807) is 4.72 Å². The monoisotopic (exact) mass is 267 g/mol. The Morgan fingerprint density at radius 3 is 2.88 bits per heavy atom. The summed E-state index contributed by atoms with van der Waals surface area (Å²) >= 11 is 0. The highest BCUT2D eigenvalue weighted by Crippen LogP contribution is 2.02. The quantitative estimate of drug-likeness (QED) is 0.644. The van der Waals surface area contributed by atoms with Gasteiger partial charge in [0.2, 0.25) is 0 Å². The number of amides is 1. The minimum Gasteiger partial charge on any atom is -0.452 e. The second-order valence-corrected chi connectivity index (χ2v) is 5.35. The van der Waals surface area contributed by atoms with E-state index in [9.17, 15) is 13.2 Å². The van der Waals surface area contributed by atoms with Gasteiger partial charge in [-0.1, -0.05) is 0 Å². The predicted octanol–water partition coefficient (Wildman–Crippen LogP) is -1.49. The molecule has 1 saturated heterocycles. The Balaban J connectivity index is 2.49. The summed E-state index contributed by atoms with van der Waals surface area (Å²) < 4.78 is 35.6. The number of hydrogen-bond acceptors (Lipinski definition) is 6. The predicted molar refractivity (Wildman–Crippen MR) is 59.7 cm³/mol. The van der Waals surface area contributed by atoms with Crippen LogP contribution < -0.4 is 10.0 Å². The summed E-state index contributed by atoms with van der Waals surface area (Å²) in [7, 11) is -1.41. The summed E-state index contributed by atoms with van der Waals surface area (Å²) in [6, 6.07) is 0. The molecule has 0 aliphatic carbocycles. The zero-order valence-electron chi connectivity index (χ0n) is 9.80. The summed E-state index contributed by atoms with van der Waals surface area (Å²) in [5, 5.41) is 3.09. The van der Waals surface area contributed by atoms with Crippen LogP contribution in [0.3, 0.4) is 0 Å². The first-order chi connectivity index (χ1) is 7.95. The number of rotatable bonds is 4. The number of ether oxygens (including phenoxy) is 2. The van der Waals surface area contributed by atoms with Crippen LogP contribution in [-0.4, -0.2) is 65.3 Å². The highest BCUT2D eigenvalue weighted by molar-refractivity contribution is 7.87. The van der Waals surface area contributed by atoms with Crippen molar-refractivity contribution in [2.24, 2.45) is 0 Å². The van der Waals surface area contributed by atoms with Crippen LogP contribution in [0.2, 0.25) is 0 Å². The van der Waals surface area contributed by atoms with Crippen molar-refractivity contribution >= 4 is 16.3 Å². The minimum atomic E-state index is -3.87. The summed E-state index contributed by atoms with van der Waals surface area (Å²) in [6.07, 6.45) is -1.23. The maximum absolute atomic E-state index is 11.6. The Bertz CT molecular complexity index is 352. The maximum atomic E-state index is 11.6. The van der Waals surface area contributed by atoms with E-state index in [0.29, 0.717) is 13.2 Å². The van der Waals surface area contributed by atoms with E-state index in [-0.39, 0.29) is 12.6 Å². The minimum absolute atomic E-state index is 0.166. The van der Waals surface area contributed by atoms with E-state index in [2.05, 4.69) is 10.1 Å². The fraction of sp³-hybridized carbons (Fsp3) is 0.875. The molecule has 9 heteroatoms. The fourth-order valence-corrected chi connectivity index (χ4v) is 2.16. The molecule has 1 unspecified atom stereocenters. The number of carbonyl (C=O) groups excluding carboxylic acids is 1. The smallest absolute Gasteiger partial charge is 0.421 e. The molecule has 1 rings (SSSR count). The van der Waals surface area contributed by atoms with Gasteiger partial charge in [0, 0.05) is 26.7 Å². The van der Waals surface area contributed by atoms with Crippen molar-refractivity contribution in [1.29, 1.82) is 0 Å². The summed E-state index contributed by atoms with van der Waals surface area (Å²) in [4.78, 5) is 10.8. The molecule has 17 heavy (non-hydrogen) atoms. The molecule has 0 aromatic rings. The summed E-state index contributed by atoms with van der Waals surface area (Å²) in [5.41, 5.74) is 0. The van der Waals surface area contributed by atoms with E-state index >= 15 is 0 Å². The molecule has 1 aliphatic rings. The zero-order valence-corrected chi connectivity index (χ0v) is 10.6. The lowest BCUT2D eigenvalue weighted by molar-refractivity contribution is 0.0205. The molecule has 0 bridgehead atoms. The van der Waals surface area contributed by atoms with Crippen LogP contribution in [0, 0.1) is 0 Å². The van der Waals surface area contributed by atoms with Crippen molar-refractivity contribution in [2.45, 2.75) is 6.10 Å². The molecule has 1 aliphatic heterocycles. The topological polar surface area (TPSA) is 97.0 Å². The van der Waals surface area contributed by atoms with E-state index < -0.39 is 16.3 Å². The number of hydrogen-bond donors (Lipinski definition) is 2. The van der Waals surface area contributed by atoms with Crippen molar-refractivity contribution in [3.63, 3.8) is 0 Å². The second-order valence-electron chi connectivity index (χ2n) is 3.58. The van der Waals surface area contributed by atoms with Gasteiger partial charge in [-0.15, -0.1) is 0 Å². The molecule has 1 atom stereocenters.